The summed E-state index contributed by atoms with van der Waals surface area (Å²) < 4.78 is 0. The monoisotopic (exact) mass is 166 g/mol. The first-order valence-corrected chi connectivity index (χ1v) is 4.40. The third kappa shape index (κ3) is 1.68. The number of aromatic amines is 1. The molecule has 12 heavy (non-hydrogen) atoms. The first kappa shape index (κ1) is 7.83. The Morgan fingerprint density at radius 1 is 1.67 bits per heavy atom. The molecule has 1 aliphatic rings. The predicted octanol–water partition coefficient (Wildman–Crippen LogP) is 0.800. The summed E-state index contributed by atoms with van der Waals surface area (Å²) >= 11 is 0. The van der Waals surface area contributed by atoms with Gasteiger partial charge in [0.15, 0.2) is 0 Å². The van der Waals surface area contributed by atoms with Crippen LogP contribution in [0.2, 0.25) is 0 Å². The quantitative estimate of drug-likeness (QED) is 0.619. The fourth-order valence-corrected chi connectivity index (χ4v) is 1.34. The molecule has 0 bridgehead atoms. The lowest BCUT2D eigenvalue weighted by Gasteiger charge is -2.13. The highest BCUT2D eigenvalue weighted by Crippen LogP contribution is 2.23. The summed E-state index contributed by atoms with van der Waals surface area (Å²) in [5.74, 6) is 0. The molecular weight excluding hydrogens is 152 g/mol. The molecule has 0 aromatic carbocycles. The Morgan fingerprint density at radius 2 is 2.50 bits per heavy atom. The second-order valence-corrected chi connectivity index (χ2v) is 3.30. The maximum absolute atomic E-state index is 9.09. The Morgan fingerprint density at radius 3 is 3.00 bits per heavy atom. The molecule has 3 heteroatoms. The molecule has 0 aliphatic heterocycles. The van der Waals surface area contributed by atoms with Crippen molar-refractivity contribution >= 4 is 0 Å². The molecule has 0 amide bonds. The minimum Gasteiger partial charge on any atom is -0.394 e. The highest BCUT2D eigenvalue weighted by Gasteiger charge is 2.25. The van der Waals surface area contributed by atoms with Crippen molar-refractivity contribution in [3.63, 3.8) is 0 Å². The van der Waals surface area contributed by atoms with Crippen molar-refractivity contribution < 1.29 is 5.11 Å². The van der Waals surface area contributed by atoms with Crippen LogP contribution in [-0.2, 0) is 0 Å². The summed E-state index contributed by atoms with van der Waals surface area (Å²) in [7, 11) is 0. The summed E-state index contributed by atoms with van der Waals surface area (Å²) in [5, 5.41) is 12.5. The lowest BCUT2D eigenvalue weighted by Crippen LogP contribution is -2.26. The van der Waals surface area contributed by atoms with E-state index in [1.54, 1.807) is 0 Å². The van der Waals surface area contributed by atoms with Crippen LogP contribution in [0.3, 0.4) is 0 Å². The lowest BCUT2D eigenvalue weighted by molar-refractivity contribution is 0.241. The molecule has 3 nitrogen and oxygen atoms in total. The van der Waals surface area contributed by atoms with Crippen LogP contribution < -0.4 is 5.32 Å². The SMILES string of the molecule is OCC(NC1CC1)c1ccc[nH]1. The highest BCUT2D eigenvalue weighted by molar-refractivity contribution is 5.10. The molecule has 1 saturated carbocycles. The number of aliphatic hydroxyl groups excluding tert-OH is 1. The molecule has 1 fully saturated rings. The van der Waals surface area contributed by atoms with E-state index >= 15 is 0 Å². The third-order valence-corrected chi connectivity index (χ3v) is 2.19. The van der Waals surface area contributed by atoms with Gasteiger partial charge in [0.1, 0.15) is 0 Å². The summed E-state index contributed by atoms with van der Waals surface area (Å²) in [4.78, 5) is 3.10. The Hall–Kier alpha value is -0.800. The van der Waals surface area contributed by atoms with Crippen molar-refractivity contribution in [1.29, 1.82) is 0 Å². The molecule has 66 valence electrons. The Bertz CT molecular complexity index is 229. The number of hydrogen-bond acceptors (Lipinski definition) is 2. The molecule has 0 saturated heterocycles. The van der Waals surface area contributed by atoms with Gasteiger partial charge in [-0.1, -0.05) is 0 Å². The van der Waals surface area contributed by atoms with Crippen LogP contribution in [0.5, 0.6) is 0 Å². The molecule has 1 atom stereocenters. The number of hydrogen-bond donors (Lipinski definition) is 3. The highest BCUT2D eigenvalue weighted by atomic mass is 16.3. The van der Waals surface area contributed by atoms with Gasteiger partial charge in [-0.25, -0.2) is 0 Å². The van der Waals surface area contributed by atoms with Crippen LogP contribution in [-0.4, -0.2) is 22.7 Å². The van der Waals surface area contributed by atoms with Gasteiger partial charge in [-0.3, -0.25) is 0 Å². The average Bonchev–Trinajstić information content (AvgIpc) is 2.74. The fraction of sp³-hybridized carbons (Fsp3) is 0.556. The molecule has 1 aromatic rings. The fourth-order valence-electron chi connectivity index (χ4n) is 1.34. The molecular formula is C9H14N2O. The number of H-pyrrole nitrogens is 1. The normalized spacial score (nSPS) is 19.4. The summed E-state index contributed by atoms with van der Waals surface area (Å²) in [5.41, 5.74) is 1.07. The van der Waals surface area contributed by atoms with Crippen LogP contribution in [0, 0.1) is 0 Å². The van der Waals surface area contributed by atoms with Crippen LogP contribution in [0.25, 0.3) is 0 Å². The summed E-state index contributed by atoms with van der Waals surface area (Å²) in [6.07, 6.45) is 4.38. The van der Waals surface area contributed by atoms with Crippen molar-refractivity contribution in [3.8, 4) is 0 Å². The van der Waals surface area contributed by atoms with Crippen molar-refractivity contribution in [2.45, 2.75) is 24.9 Å². The number of aromatic nitrogens is 1. The average molecular weight is 166 g/mol. The molecule has 1 aliphatic carbocycles. The molecule has 1 aromatic heterocycles. The van der Waals surface area contributed by atoms with Crippen molar-refractivity contribution in [2.75, 3.05) is 6.61 Å². The van der Waals surface area contributed by atoms with E-state index in [2.05, 4.69) is 10.3 Å². The number of nitrogens with one attached hydrogen (secondary N) is 2. The third-order valence-electron chi connectivity index (χ3n) is 2.19. The minimum atomic E-state index is 0.0903. The minimum absolute atomic E-state index is 0.0903. The first-order chi connectivity index (χ1) is 5.90. The molecule has 0 spiro atoms. The maximum Gasteiger partial charge on any atom is 0.0709 e. The Balaban J connectivity index is 1.97. The summed E-state index contributed by atoms with van der Waals surface area (Å²) in [6, 6.07) is 4.67. The largest absolute Gasteiger partial charge is 0.394 e. The van der Waals surface area contributed by atoms with Gasteiger partial charge in [-0.15, -0.1) is 0 Å². The van der Waals surface area contributed by atoms with Gasteiger partial charge in [-0.2, -0.15) is 0 Å². The van der Waals surface area contributed by atoms with E-state index in [4.69, 9.17) is 5.11 Å². The lowest BCUT2D eigenvalue weighted by atomic mass is 10.2. The van der Waals surface area contributed by atoms with E-state index in [1.165, 1.54) is 12.8 Å². The smallest absolute Gasteiger partial charge is 0.0709 e. The second kappa shape index (κ2) is 3.29. The molecule has 3 N–H and O–H groups in total. The summed E-state index contributed by atoms with van der Waals surface area (Å²) in [6.45, 7) is 0.164. The van der Waals surface area contributed by atoms with Gasteiger partial charge in [0.25, 0.3) is 0 Å². The van der Waals surface area contributed by atoms with Gasteiger partial charge in [0.2, 0.25) is 0 Å². The molecule has 1 heterocycles. The standard InChI is InChI=1S/C9H14N2O/c12-6-9(11-7-3-4-7)8-2-1-5-10-8/h1-2,5,7,9-12H,3-4,6H2. The second-order valence-electron chi connectivity index (χ2n) is 3.30. The van der Waals surface area contributed by atoms with Crippen LogP contribution in [0.4, 0.5) is 0 Å². The van der Waals surface area contributed by atoms with Crippen molar-refractivity contribution in [1.82, 2.24) is 10.3 Å². The van der Waals surface area contributed by atoms with Gasteiger partial charge >= 0.3 is 0 Å². The van der Waals surface area contributed by atoms with Crippen LogP contribution in [0.1, 0.15) is 24.6 Å². The number of rotatable bonds is 4. The van der Waals surface area contributed by atoms with E-state index in [9.17, 15) is 0 Å². The topological polar surface area (TPSA) is 48.0 Å². The van der Waals surface area contributed by atoms with Crippen molar-refractivity contribution in [3.05, 3.63) is 24.0 Å². The van der Waals surface area contributed by atoms with Crippen molar-refractivity contribution in [2.24, 2.45) is 0 Å². The van der Waals surface area contributed by atoms with E-state index in [1.807, 2.05) is 18.3 Å². The maximum atomic E-state index is 9.09. The zero-order chi connectivity index (χ0) is 8.39. The van der Waals surface area contributed by atoms with Gasteiger partial charge in [-0.05, 0) is 25.0 Å². The molecule has 1 unspecified atom stereocenters. The van der Waals surface area contributed by atoms with E-state index < -0.39 is 0 Å². The Kier molecular flexibility index (Phi) is 2.15. The van der Waals surface area contributed by atoms with Gasteiger partial charge < -0.3 is 15.4 Å². The first-order valence-electron chi connectivity index (χ1n) is 4.40. The molecule has 2 rings (SSSR count). The predicted molar refractivity (Wildman–Crippen MR) is 46.8 cm³/mol. The van der Waals surface area contributed by atoms with E-state index in [-0.39, 0.29) is 12.6 Å². The van der Waals surface area contributed by atoms with Gasteiger partial charge in [0, 0.05) is 17.9 Å². The molecule has 0 radical (unpaired) electrons. The number of aliphatic hydroxyl groups is 1. The van der Waals surface area contributed by atoms with E-state index in [0.29, 0.717) is 6.04 Å². The zero-order valence-electron chi connectivity index (χ0n) is 6.96. The van der Waals surface area contributed by atoms with Crippen LogP contribution >= 0.6 is 0 Å². The van der Waals surface area contributed by atoms with E-state index in [0.717, 1.165) is 5.69 Å². The van der Waals surface area contributed by atoms with Gasteiger partial charge in [0.05, 0.1) is 12.6 Å². The zero-order valence-corrected chi connectivity index (χ0v) is 6.96. The van der Waals surface area contributed by atoms with Crippen LogP contribution in [0.15, 0.2) is 18.3 Å². The Labute approximate surface area is 71.8 Å².